The number of rotatable bonds is 9. The lowest BCUT2D eigenvalue weighted by Crippen LogP contribution is -2.20. The van der Waals surface area contributed by atoms with E-state index in [-0.39, 0.29) is 11.5 Å². The Balaban J connectivity index is 1.38. The van der Waals surface area contributed by atoms with Crippen LogP contribution in [0.15, 0.2) is 67.1 Å². The molecular weight excluding hydrogens is 583 g/mol. The number of nitrogens with zero attached hydrogens (tertiary/aromatic N) is 4. The summed E-state index contributed by atoms with van der Waals surface area (Å²) in [5, 5.41) is 9.85. The summed E-state index contributed by atoms with van der Waals surface area (Å²) in [7, 11) is -3.65. The van der Waals surface area contributed by atoms with E-state index in [0.717, 1.165) is 47.2 Å². The van der Waals surface area contributed by atoms with E-state index in [2.05, 4.69) is 30.5 Å². The van der Waals surface area contributed by atoms with Gasteiger partial charge in [-0.15, -0.1) is 0 Å². The largest absolute Gasteiger partial charge is 0.325 e. The molecule has 4 aromatic heterocycles. The first-order valence-electron chi connectivity index (χ1n) is 13.9. The highest BCUT2D eigenvalue weighted by atomic mass is 32.2. The molecule has 0 radical (unpaired) electrons. The normalized spacial score (nSPS) is 12.5. The molecule has 44 heavy (non-hydrogen) atoms. The van der Waals surface area contributed by atoms with Gasteiger partial charge in [-0.05, 0) is 65.6 Å². The highest BCUT2D eigenvalue weighted by Gasteiger charge is 2.21. The zero-order chi connectivity index (χ0) is 31.0. The number of imidazole rings is 1. The Morgan fingerprint density at radius 3 is 2.70 bits per heavy atom. The standard InChI is InChI=1S/C31H29FN8O3S/c1-3-4-5-26(41)36-22-13-20(15-34-16-22)17-6-7-25-24(14-17)28(40-39-25)31-37-27-23(8-9-35-30(27)38-31)18-10-19(12-21(32)11-18)29(33)44(2,42)43/h6-16,29H,3-5,33H2,1-2H3,(H,36,41)(H,39,40)(H,35,37,38). The number of H-pyrrole nitrogens is 2. The molecule has 4 heterocycles. The minimum Gasteiger partial charge on any atom is -0.325 e. The van der Waals surface area contributed by atoms with Crippen LogP contribution in [0.2, 0.25) is 0 Å². The van der Waals surface area contributed by atoms with E-state index in [4.69, 9.17) is 10.7 Å². The van der Waals surface area contributed by atoms with Crippen LogP contribution < -0.4 is 11.1 Å². The maximum Gasteiger partial charge on any atom is 0.224 e. The minimum atomic E-state index is -3.65. The predicted octanol–water partition coefficient (Wildman–Crippen LogP) is 5.50. The lowest BCUT2D eigenvalue weighted by Gasteiger charge is -2.12. The zero-order valence-electron chi connectivity index (χ0n) is 23.9. The molecule has 1 amide bonds. The van der Waals surface area contributed by atoms with E-state index in [9.17, 15) is 17.6 Å². The van der Waals surface area contributed by atoms with E-state index in [0.29, 0.717) is 45.9 Å². The summed E-state index contributed by atoms with van der Waals surface area (Å²) in [6, 6.07) is 13.3. The van der Waals surface area contributed by atoms with Gasteiger partial charge in [0.1, 0.15) is 22.4 Å². The number of benzene rings is 2. The Morgan fingerprint density at radius 2 is 1.91 bits per heavy atom. The number of pyridine rings is 2. The number of hydrogen-bond acceptors (Lipinski definition) is 8. The molecule has 11 nitrogen and oxygen atoms in total. The molecule has 6 rings (SSSR count). The molecule has 2 aromatic carbocycles. The quantitative estimate of drug-likeness (QED) is 0.166. The molecule has 0 bridgehead atoms. The second kappa shape index (κ2) is 11.6. The van der Waals surface area contributed by atoms with Crippen LogP contribution in [-0.2, 0) is 14.6 Å². The highest BCUT2D eigenvalue weighted by Crippen LogP contribution is 2.34. The van der Waals surface area contributed by atoms with Crippen molar-refractivity contribution in [1.82, 2.24) is 30.1 Å². The molecule has 224 valence electrons. The number of carbonyl (C=O) groups excluding carboxylic acids is 1. The fourth-order valence-corrected chi connectivity index (χ4v) is 5.67. The average molecular weight is 613 g/mol. The molecule has 0 aliphatic carbocycles. The number of anilines is 1. The van der Waals surface area contributed by atoms with Gasteiger partial charge in [-0.2, -0.15) is 5.10 Å². The van der Waals surface area contributed by atoms with Crippen molar-refractivity contribution in [2.24, 2.45) is 5.73 Å². The zero-order valence-corrected chi connectivity index (χ0v) is 24.7. The lowest BCUT2D eigenvalue weighted by molar-refractivity contribution is -0.116. The number of carbonyl (C=O) groups is 1. The van der Waals surface area contributed by atoms with Gasteiger partial charge in [0.15, 0.2) is 21.3 Å². The Kier molecular flexibility index (Phi) is 7.66. The fraction of sp³-hybridized carbons (Fsp3) is 0.194. The molecule has 0 saturated heterocycles. The predicted molar refractivity (Wildman–Crippen MR) is 168 cm³/mol. The van der Waals surface area contributed by atoms with Crippen molar-refractivity contribution in [3.05, 3.63) is 78.5 Å². The SMILES string of the molecule is CCCCC(=O)Nc1cncc(-c2ccc3[nH]nc(-c4nc5c(-c6cc(F)cc(C(N)S(C)(=O)=O)c6)ccnc5[nH]4)c3c2)c1. The molecule has 0 aliphatic rings. The van der Waals surface area contributed by atoms with E-state index < -0.39 is 21.0 Å². The van der Waals surface area contributed by atoms with Gasteiger partial charge < -0.3 is 16.0 Å². The first-order chi connectivity index (χ1) is 21.1. The van der Waals surface area contributed by atoms with Gasteiger partial charge in [-0.1, -0.05) is 19.4 Å². The van der Waals surface area contributed by atoms with E-state index in [1.165, 1.54) is 6.07 Å². The maximum atomic E-state index is 14.6. The molecule has 6 aromatic rings. The lowest BCUT2D eigenvalue weighted by atomic mass is 10.0. The Labute approximate surface area is 252 Å². The number of nitrogens with one attached hydrogen (secondary N) is 3. The van der Waals surface area contributed by atoms with Crippen LogP contribution in [0.1, 0.15) is 37.1 Å². The first-order valence-corrected chi connectivity index (χ1v) is 15.9. The van der Waals surface area contributed by atoms with Gasteiger partial charge in [0, 0.05) is 41.6 Å². The van der Waals surface area contributed by atoms with E-state index in [1.54, 1.807) is 30.7 Å². The summed E-state index contributed by atoms with van der Waals surface area (Å²) in [6.07, 6.45) is 8.11. The van der Waals surface area contributed by atoms with Crippen LogP contribution in [-0.4, -0.2) is 50.7 Å². The minimum absolute atomic E-state index is 0.0519. The fourth-order valence-electron chi connectivity index (χ4n) is 5.04. The van der Waals surface area contributed by atoms with Crippen molar-refractivity contribution in [3.63, 3.8) is 0 Å². The average Bonchev–Trinajstić information content (AvgIpc) is 3.62. The number of fused-ring (bicyclic) bond motifs is 2. The second-order valence-corrected chi connectivity index (χ2v) is 12.8. The van der Waals surface area contributed by atoms with Crippen LogP contribution in [0.3, 0.4) is 0 Å². The molecule has 1 unspecified atom stereocenters. The number of halogens is 1. The molecule has 0 fully saturated rings. The smallest absolute Gasteiger partial charge is 0.224 e. The van der Waals surface area contributed by atoms with Crippen LogP contribution in [0, 0.1) is 5.82 Å². The maximum absolute atomic E-state index is 14.6. The van der Waals surface area contributed by atoms with Crippen molar-refractivity contribution < 1.29 is 17.6 Å². The number of unbranched alkanes of at least 4 members (excludes halogenated alkanes) is 1. The van der Waals surface area contributed by atoms with Crippen molar-refractivity contribution in [3.8, 4) is 33.8 Å². The highest BCUT2D eigenvalue weighted by molar-refractivity contribution is 7.90. The van der Waals surface area contributed by atoms with Gasteiger partial charge in [0.25, 0.3) is 0 Å². The van der Waals surface area contributed by atoms with Crippen LogP contribution in [0.25, 0.3) is 55.8 Å². The number of sulfone groups is 1. The third-order valence-electron chi connectivity index (χ3n) is 7.31. The van der Waals surface area contributed by atoms with Crippen LogP contribution in [0.4, 0.5) is 10.1 Å². The van der Waals surface area contributed by atoms with Crippen LogP contribution in [0.5, 0.6) is 0 Å². The number of nitrogens with two attached hydrogens (primary N) is 1. The summed E-state index contributed by atoms with van der Waals surface area (Å²) >= 11 is 0. The van der Waals surface area contributed by atoms with Crippen molar-refractivity contribution in [2.45, 2.75) is 31.6 Å². The Bertz CT molecular complexity index is 2140. The number of aromatic nitrogens is 6. The molecule has 0 aliphatic heterocycles. The van der Waals surface area contributed by atoms with Gasteiger partial charge in [0.2, 0.25) is 5.91 Å². The summed E-state index contributed by atoms with van der Waals surface area (Å²) in [5.74, 6) is -0.242. The van der Waals surface area contributed by atoms with Crippen molar-refractivity contribution in [1.29, 1.82) is 0 Å². The molecule has 0 saturated carbocycles. The monoisotopic (exact) mass is 612 g/mol. The third kappa shape index (κ3) is 5.79. The van der Waals surface area contributed by atoms with Crippen LogP contribution >= 0.6 is 0 Å². The number of aromatic amines is 2. The number of hydrogen-bond donors (Lipinski definition) is 4. The van der Waals surface area contributed by atoms with Gasteiger partial charge in [0.05, 0.1) is 17.4 Å². The van der Waals surface area contributed by atoms with Crippen molar-refractivity contribution >= 4 is 43.5 Å². The van der Waals surface area contributed by atoms with E-state index >= 15 is 0 Å². The second-order valence-electron chi connectivity index (χ2n) is 10.6. The summed E-state index contributed by atoms with van der Waals surface area (Å²) in [5.41, 5.74) is 11.5. The topological polar surface area (TPSA) is 172 Å². The van der Waals surface area contributed by atoms with Gasteiger partial charge >= 0.3 is 0 Å². The van der Waals surface area contributed by atoms with E-state index in [1.807, 2.05) is 31.2 Å². The molecule has 0 spiro atoms. The molecule has 5 N–H and O–H groups in total. The molecule has 13 heteroatoms. The molecule has 1 atom stereocenters. The summed E-state index contributed by atoms with van der Waals surface area (Å²) in [6.45, 7) is 2.04. The summed E-state index contributed by atoms with van der Waals surface area (Å²) in [4.78, 5) is 28.9. The Morgan fingerprint density at radius 1 is 1.07 bits per heavy atom. The molecular formula is C31H29FN8O3S. The number of amides is 1. The summed E-state index contributed by atoms with van der Waals surface area (Å²) < 4.78 is 38.7. The van der Waals surface area contributed by atoms with Gasteiger partial charge in [-0.25, -0.2) is 22.8 Å². The van der Waals surface area contributed by atoms with Crippen molar-refractivity contribution in [2.75, 3.05) is 11.6 Å². The first kappa shape index (κ1) is 29.1. The van der Waals surface area contributed by atoms with Gasteiger partial charge in [-0.3, -0.25) is 14.9 Å². The Hall–Kier alpha value is -5.01. The third-order valence-corrected chi connectivity index (χ3v) is 8.50.